The minimum Gasteiger partial charge on any atom is -0.480 e. The molecule has 17 heavy (non-hydrogen) atoms. The van der Waals surface area contributed by atoms with E-state index in [0.29, 0.717) is 28.8 Å². The van der Waals surface area contributed by atoms with Gasteiger partial charge in [0.15, 0.2) is 0 Å². The lowest BCUT2D eigenvalue weighted by molar-refractivity contribution is -0.140. The zero-order chi connectivity index (χ0) is 12.7. The van der Waals surface area contributed by atoms with Crippen LogP contribution in [0.5, 0.6) is 0 Å². The van der Waals surface area contributed by atoms with E-state index in [4.69, 9.17) is 16.7 Å². The smallest absolute Gasteiger partial charge is 0.326 e. The summed E-state index contributed by atoms with van der Waals surface area (Å²) in [5, 5.41) is 19.3. The zero-order valence-electron chi connectivity index (χ0n) is 8.63. The van der Waals surface area contributed by atoms with E-state index in [2.05, 4.69) is 15.5 Å². The Morgan fingerprint density at radius 2 is 2.41 bits per heavy atom. The van der Waals surface area contributed by atoms with Crippen LogP contribution in [0.1, 0.15) is 11.4 Å². The summed E-state index contributed by atoms with van der Waals surface area (Å²) in [6.45, 7) is 0. The Balaban J connectivity index is 2.22. The Labute approximate surface area is 111 Å². The van der Waals surface area contributed by atoms with Crippen molar-refractivity contribution in [3.05, 3.63) is 9.47 Å². The highest BCUT2D eigenvalue weighted by Gasteiger charge is 2.15. The van der Waals surface area contributed by atoms with Gasteiger partial charge in [-0.1, -0.05) is 11.3 Å². The van der Waals surface area contributed by atoms with Gasteiger partial charge in [-0.05, 0) is 23.8 Å². The number of nitrogens with one attached hydrogen (secondary N) is 1. The van der Waals surface area contributed by atoms with E-state index < -0.39 is 12.0 Å². The summed E-state index contributed by atoms with van der Waals surface area (Å²) in [7, 11) is 0. The van der Waals surface area contributed by atoms with Crippen molar-refractivity contribution in [1.82, 2.24) is 15.5 Å². The van der Waals surface area contributed by atoms with Gasteiger partial charge in [-0.25, -0.2) is 4.79 Å². The van der Waals surface area contributed by atoms with Gasteiger partial charge in [0, 0.05) is 5.75 Å². The molecule has 1 aromatic rings. The molecule has 9 heteroatoms. The molecule has 1 aromatic heterocycles. The third-order valence-electron chi connectivity index (χ3n) is 1.79. The van der Waals surface area contributed by atoms with Crippen LogP contribution in [0.3, 0.4) is 0 Å². The number of rotatable bonds is 8. The first-order chi connectivity index (χ1) is 8.13. The first-order valence-electron chi connectivity index (χ1n) is 4.61. The summed E-state index contributed by atoms with van der Waals surface area (Å²) >= 11 is 8.43. The highest BCUT2D eigenvalue weighted by atomic mass is 35.5. The summed E-state index contributed by atoms with van der Waals surface area (Å²) < 4.78 is 0.395. The van der Waals surface area contributed by atoms with E-state index in [1.807, 2.05) is 0 Å². The second-order valence-corrected chi connectivity index (χ2v) is 5.71. The normalized spacial score (nSPS) is 12.1. The fourth-order valence-electron chi connectivity index (χ4n) is 1.01. The van der Waals surface area contributed by atoms with Crippen LogP contribution < -0.4 is 5.32 Å². The van der Waals surface area contributed by atoms with Crippen LogP contribution in [0.15, 0.2) is 0 Å². The molecule has 0 bridgehead atoms. The number of carbonyl (C=O) groups is 2. The van der Waals surface area contributed by atoms with Gasteiger partial charge in [-0.3, -0.25) is 4.79 Å². The molecule has 0 fully saturated rings. The van der Waals surface area contributed by atoms with Crippen LogP contribution in [0.2, 0.25) is 4.47 Å². The van der Waals surface area contributed by atoms with Crippen LogP contribution >= 0.6 is 34.7 Å². The first kappa shape index (κ1) is 14.2. The summed E-state index contributed by atoms with van der Waals surface area (Å²) in [4.78, 5) is 20.9. The minimum atomic E-state index is -1.03. The fraction of sp³-hybridized carbons (Fsp3) is 0.500. The predicted molar refractivity (Wildman–Crippen MR) is 66.3 cm³/mol. The number of carboxylic acids is 1. The number of aromatic nitrogens is 2. The van der Waals surface area contributed by atoms with E-state index in [0.717, 1.165) is 5.01 Å². The maximum Gasteiger partial charge on any atom is 0.326 e. The highest BCUT2D eigenvalue weighted by molar-refractivity contribution is 7.98. The molecule has 0 aromatic carbocycles. The number of hydrogen-bond acceptors (Lipinski definition) is 6. The number of aliphatic carboxylic acids is 1. The topological polar surface area (TPSA) is 92.2 Å². The largest absolute Gasteiger partial charge is 0.480 e. The van der Waals surface area contributed by atoms with Crippen LogP contribution in [-0.4, -0.2) is 39.5 Å². The number of hydrogen-bond donors (Lipinski definition) is 2. The van der Waals surface area contributed by atoms with Gasteiger partial charge in [0.1, 0.15) is 11.0 Å². The van der Waals surface area contributed by atoms with Crippen LogP contribution in [0.25, 0.3) is 0 Å². The lowest BCUT2D eigenvalue weighted by Gasteiger charge is -2.09. The molecule has 6 nitrogen and oxygen atoms in total. The molecule has 1 amide bonds. The van der Waals surface area contributed by atoms with E-state index in [9.17, 15) is 9.59 Å². The number of amides is 1. The van der Waals surface area contributed by atoms with Gasteiger partial charge in [-0.15, -0.1) is 10.2 Å². The van der Waals surface area contributed by atoms with Gasteiger partial charge in [-0.2, -0.15) is 11.8 Å². The lowest BCUT2D eigenvalue weighted by atomic mass is 10.2. The van der Waals surface area contributed by atoms with Crippen molar-refractivity contribution in [3.63, 3.8) is 0 Å². The average Bonchev–Trinajstić information content (AvgIpc) is 2.68. The van der Waals surface area contributed by atoms with Crippen LogP contribution in [-0.2, 0) is 15.3 Å². The summed E-state index contributed by atoms with van der Waals surface area (Å²) in [6.07, 6.45) is 0.763. The Kier molecular flexibility index (Phi) is 6.23. The van der Waals surface area contributed by atoms with E-state index in [1.54, 1.807) is 0 Å². The Hall–Kier alpha value is -0.860. The van der Waals surface area contributed by atoms with Crippen molar-refractivity contribution in [2.45, 2.75) is 18.2 Å². The molecule has 0 saturated heterocycles. The SMILES string of the molecule is O=CNC(CCSCc1nnc(Cl)s1)C(=O)O. The predicted octanol–water partition coefficient (Wildman–Crippen LogP) is 1.01. The number of carbonyl (C=O) groups excluding carboxylic acids is 1. The standard InChI is InChI=1S/C8H10ClN3O3S2/c9-8-12-11-6(17-8)3-16-2-1-5(7(14)15)10-4-13/h4-5H,1-3H2,(H,10,13)(H,14,15). The van der Waals surface area contributed by atoms with Crippen molar-refractivity contribution < 1.29 is 14.7 Å². The third kappa shape index (κ3) is 5.33. The Bertz CT molecular complexity index is 388. The van der Waals surface area contributed by atoms with Crippen molar-refractivity contribution in [3.8, 4) is 0 Å². The zero-order valence-corrected chi connectivity index (χ0v) is 11.0. The van der Waals surface area contributed by atoms with Gasteiger partial charge in [0.25, 0.3) is 0 Å². The average molecular weight is 296 g/mol. The maximum atomic E-state index is 10.7. The molecule has 0 aliphatic carbocycles. The maximum absolute atomic E-state index is 10.7. The van der Waals surface area contributed by atoms with Gasteiger partial charge in [0.05, 0.1) is 0 Å². The van der Waals surface area contributed by atoms with Gasteiger partial charge in [0.2, 0.25) is 10.9 Å². The van der Waals surface area contributed by atoms with E-state index >= 15 is 0 Å². The third-order valence-corrected chi connectivity index (χ3v) is 3.99. The number of nitrogens with zero attached hydrogens (tertiary/aromatic N) is 2. The highest BCUT2D eigenvalue weighted by Crippen LogP contribution is 2.20. The first-order valence-corrected chi connectivity index (χ1v) is 6.96. The van der Waals surface area contributed by atoms with Gasteiger partial charge >= 0.3 is 5.97 Å². The van der Waals surface area contributed by atoms with Gasteiger partial charge < -0.3 is 10.4 Å². The molecule has 0 aliphatic rings. The number of halogens is 1. The second-order valence-electron chi connectivity index (χ2n) is 2.97. The Morgan fingerprint density at radius 1 is 1.65 bits per heavy atom. The molecule has 1 heterocycles. The molecule has 1 rings (SSSR count). The number of carboxylic acid groups (broad SMARTS) is 1. The van der Waals surface area contributed by atoms with Crippen molar-refractivity contribution in [1.29, 1.82) is 0 Å². The van der Waals surface area contributed by atoms with E-state index in [1.165, 1.54) is 23.1 Å². The molecule has 1 unspecified atom stereocenters. The molecular weight excluding hydrogens is 286 g/mol. The molecule has 0 aliphatic heterocycles. The van der Waals surface area contributed by atoms with E-state index in [-0.39, 0.29) is 0 Å². The molecule has 1 atom stereocenters. The fourth-order valence-corrected chi connectivity index (χ4v) is 2.94. The molecule has 94 valence electrons. The minimum absolute atomic E-state index is 0.366. The van der Waals surface area contributed by atoms with Crippen molar-refractivity contribution in [2.75, 3.05) is 5.75 Å². The summed E-state index contributed by atoms with van der Waals surface area (Å²) in [5.74, 6) is 0.212. The number of thioether (sulfide) groups is 1. The van der Waals surface area contributed by atoms with Crippen molar-refractivity contribution >= 4 is 47.1 Å². The molecule has 0 radical (unpaired) electrons. The van der Waals surface area contributed by atoms with Crippen molar-refractivity contribution in [2.24, 2.45) is 0 Å². The second kappa shape index (κ2) is 7.46. The molecule has 0 spiro atoms. The molecular formula is C8H10ClN3O3S2. The quantitative estimate of drug-likeness (QED) is 0.549. The summed E-state index contributed by atoms with van der Waals surface area (Å²) in [6, 6.07) is -0.835. The van der Waals surface area contributed by atoms with Crippen LogP contribution in [0.4, 0.5) is 0 Å². The Morgan fingerprint density at radius 3 is 2.94 bits per heavy atom. The monoisotopic (exact) mass is 295 g/mol. The summed E-state index contributed by atoms with van der Waals surface area (Å²) in [5.41, 5.74) is 0. The molecule has 2 N–H and O–H groups in total. The van der Waals surface area contributed by atoms with Crippen LogP contribution in [0, 0.1) is 0 Å². The molecule has 0 saturated carbocycles. The lowest BCUT2D eigenvalue weighted by Crippen LogP contribution is -2.36.